The van der Waals surface area contributed by atoms with Gasteiger partial charge < -0.3 is 5.11 Å². The molecule has 0 bridgehead atoms. The molecule has 3 unspecified atom stereocenters. The zero-order valence-corrected chi connectivity index (χ0v) is 8.98. The first-order valence-electron chi connectivity index (χ1n) is 6.12. The van der Waals surface area contributed by atoms with Crippen molar-refractivity contribution in [2.24, 2.45) is 23.2 Å². The zero-order chi connectivity index (χ0) is 10.5. The lowest BCUT2D eigenvalue weighted by molar-refractivity contribution is -0.152. The van der Waals surface area contributed by atoms with E-state index in [2.05, 4.69) is 12.2 Å². The average Bonchev–Trinajstić information content (AvgIpc) is 2.87. The summed E-state index contributed by atoms with van der Waals surface area (Å²) in [5.41, 5.74) is -0.384. The summed E-state index contributed by atoms with van der Waals surface area (Å²) in [6.07, 6.45) is 11.0. The number of aliphatic carboxylic acids is 1. The van der Waals surface area contributed by atoms with Crippen molar-refractivity contribution in [2.45, 2.75) is 38.5 Å². The van der Waals surface area contributed by atoms with Crippen molar-refractivity contribution >= 4 is 5.97 Å². The van der Waals surface area contributed by atoms with Crippen molar-refractivity contribution in [3.63, 3.8) is 0 Å². The van der Waals surface area contributed by atoms with Gasteiger partial charge in [0.2, 0.25) is 0 Å². The predicted molar refractivity (Wildman–Crippen MR) is 57.4 cm³/mol. The molecule has 0 aromatic heterocycles. The van der Waals surface area contributed by atoms with Crippen LogP contribution in [0.25, 0.3) is 0 Å². The van der Waals surface area contributed by atoms with E-state index in [1.807, 2.05) is 0 Å². The highest BCUT2D eigenvalue weighted by Crippen LogP contribution is 2.63. The highest BCUT2D eigenvalue weighted by atomic mass is 16.4. The maximum absolute atomic E-state index is 11.6. The van der Waals surface area contributed by atoms with E-state index in [4.69, 9.17) is 0 Å². The molecular weight excluding hydrogens is 188 g/mol. The van der Waals surface area contributed by atoms with Crippen LogP contribution >= 0.6 is 0 Å². The van der Waals surface area contributed by atoms with Crippen molar-refractivity contribution in [1.82, 2.24) is 0 Å². The fraction of sp³-hybridized carbons (Fsp3) is 0.769. The summed E-state index contributed by atoms with van der Waals surface area (Å²) in [6, 6.07) is 0. The average molecular weight is 206 g/mol. The quantitative estimate of drug-likeness (QED) is 0.705. The van der Waals surface area contributed by atoms with E-state index in [1.165, 1.54) is 12.8 Å². The van der Waals surface area contributed by atoms with Gasteiger partial charge in [-0.25, -0.2) is 0 Å². The highest BCUT2D eigenvalue weighted by molar-refractivity contribution is 5.76. The van der Waals surface area contributed by atoms with E-state index < -0.39 is 5.97 Å². The molecule has 1 N–H and O–H groups in total. The van der Waals surface area contributed by atoms with Crippen LogP contribution < -0.4 is 0 Å². The largest absolute Gasteiger partial charge is 0.481 e. The van der Waals surface area contributed by atoms with Crippen LogP contribution in [0.15, 0.2) is 12.2 Å². The Hall–Kier alpha value is -0.790. The van der Waals surface area contributed by atoms with Gasteiger partial charge in [0.05, 0.1) is 5.41 Å². The van der Waals surface area contributed by atoms with Gasteiger partial charge in [0, 0.05) is 0 Å². The van der Waals surface area contributed by atoms with Gasteiger partial charge in [-0.15, -0.1) is 0 Å². The molecular formula is C13H18O2. The van der Waals surface area contributed by atoms with Crippen molar-refractivity contribution in [1.29, 1.82) is 0 Å². The Labute approximate surface area is 90.4 Å². The monoisotopic (exact) mass is 206 g/mol. The first-order valence-corrected chi connectivity index (χ1v) is 6.12. The van der Waals surface area contributed by atoms with E-state index in [0.29, 0.717) is 5.92 Å². The molecule has 2 fully saturated rings. The molecule has 0 radical (unpaired) electrons. The van der Waals surface area contributed by atoms with Crippen LogP contribution in [0.3, 0.4) is 0 Å². The Morgan fingerprint density at radius 1 is 1.33 bits per heavy atom. The van der Waals surface area contributed by atoms with Crippen LogP contribution in [0.2, 0.25) is 0 Å². The zero-order valence-electron chi connectivity index (χ0n) is 8.98. The van der Waals surface area contributed by atoms with E-state index in [9.17, 15) is 9.90 Å². The minimum absolute atomic E-state index is 0.316. The van der Waals surface area contributed by atoms with Gasteiger partial charge in [-0.2, -0.15) is 0 Å². The normalized spacial score (nSPS) is 47.6. The molecule has 0 amide bonds. The number of hydrogen-bond donors (Lipinski definition) is 1. The van der Waals surface area contributed by atoms with Gasteiger partial charge in [-0.1, -0.05) is 12.2 Å². The van der Waals surface area contributed by atoms with Crippen molar-refractivity contribution in [2.75, 3.05) is 0 Å². The third kappa shape index (κ3) is 1.34. The van der Waals surface area contributed by atoms with Crippen molar-refractivity contribution < 1.29 is 9.90 Å². The summed E-state index contributed by atoms with van der Waals surface area (Å²) in [7, 11) is 0. The lowest BCUT2D eigenvalue weighted by Gasteiger charge is -2.34. The fourth-order valence-corrected chi connectivity index (χ4v) is 3.74. The number of carboxylic acid groups (broad SMARTS) is 1. The molecule has 3 atom stereocenters. The molecule has 3 aliphatic rings. The number of fused-ring (bicyclic) bond motifs is 1. The third-order valence-electron chi connectivity index (χ3n) is 4.71. The Morgan fingerprint density at radius 3 is 2.60 bits per heavy atom. The number of carbonyl (C=O) groups is 1. The van der Waals surface area contributed by atoms with E-state index in [-0.39, 0.29) is 5.41 Å². The Kier molecular flexibility index (Phi) is 1.95. The van der Waals surface area contributed by atoms with Gasteiger partial charge in [-0.05, 0) is 56.3 Å². The van der Waals surface area contributed by atoms with Crippen molar-refractivity contribution in [3.8, 4) is 0 Å². The molecule has 2 saturated carbocycles. The molecule has 0 aliphatic heterocycles. The van der Waals surface area contributed by atoms with E-state index in [0.717, 1.165) is 37.5 Å². The second-order valence-corrected chi connectivity index (χ2v) is 5.59. The molecule has 15 heavy (non-hydrogen) atoms. The summed E-state index contributed by atoms with van der Waals surface area (Å²) in [6.45, 7) is 0. The summed E-state index contributed by atoms with van der Waals surface area (Å²) < 4.78 is 0. The first-order chi connectivity index (χ1) is 7.22. The van der Waals surface area contributed by atoms with Crippen LogP contribution in [0.1, 0.15) is 38.5 Å². The molecule has 0 saturated heterocycles. The topological polar surface area (TPSA) is 37.3 Å². The van der Waals surface area contributed by atoms with Crippen LogP contribution in [-0.2, 0) is 4.79 Å². The minimum atomic E-state index is -0.536. The lowest BCUT2D eigenvalue weighted by Crippen LogP contribution is -2.37. The molecule has 2 heteroatoms. The number of allylic oxidation sites excluding steroid dienone is 2. The summed E-state index contributed by atoms with van der Waals surface area (Å²) in [5.74, 6) is 1.27. The molecule has 3 aliphatic carbocycles. The van der Waals surface area contributed by atoms with Crippen LogP contribution in [0, 0.1) is 23.2 Å². The van der Waals surface area contributed by atoms with Gasteiger partial charge in [0.25, 0.3) is 0 Å². The number of rotatable bonds is 2. The first kappa shape index (κ1) is 9.44. The van der Waals surface area contributed by atoms with Crippen molar-refractivity contribution in [3.05, 3.63) is 12.2 Å². The fourth-order valence-electron chi connectivity index (χ4n) is 3.74. The van der Waals surface area contributed by atoms with Crippen LogP contribution in [-0.4, -0.2) is 11.1 Å². The summed E-state index contributed by atoms with van der Waals surface area (Å²) >= 11 is 0. The number of carboxylic acids is 1. The minimum Gasteiger partial charge on any atom is -0.481 e. The molecule has 2 nitrogen and oxygen atoms in total. The molecule has 0 aromatic carbocycles. The van der Waals surface area contributed by atoms with Crippen LogP contribution in [0.4, 0.5) is 0 Å². The predicted octanol–water partition coefficient (Wildman–Crippen LogP) is 2.84. The second kappa shape index (κ2) is 3.10. The third-order valence-corrected chi connectivity index (χ3v) is 4.71. The lowest BCUT2D eigenvalue weighted by atomic mass is 9.68. The van der Waals surface area contributed by atoms with Gasteiger partial charge in [0.15, 0.2) is 0 Å². The van der Waals surface area contributed by atoms with Gasteiger partial charge in [-0.3, -0.25) is 4.79 Å². The number of hydrogen-bond acceptors (Lipinski definition) is 1. The molecule has 0 aromatic rings. The highest BCUT2D eigenvalue weighted by Gasteiger charge is 2.59. The second-order valence-electron chi connectivity index (χ2n) is 5.59. The Bertz CT molecular complexity index is 308. The Balaban J connectivity index is 1.86. The molecule has 0 spiro atoms. The van der Waals surface area contributed by atoms with Gasteiger partial charge >= 0.3 is 5.97 Å². The maximum atomic E-state index is 11.6. The molecule has 3 rings (SSSR count). The van der Waals surface area contributed by atoms with Crippen LogP contribution in [0.5, 0.6) is 0 Å². The molecule has 0 heterocycles. The van der Waals surface area contributed by atoms with Gasteiger partial charge in [0.1, 0.15) is 0 Å². The summed E-state index contributed by atoms with van der Waals surface area (Å²) in [4.78, 5) is 11.6. The van der Waals surface area contributed by atoms with E-state index >= 15 is 0 Å². The maximum Gasteiger partial charge on any atom is 0.310 e. The summed E-state index contributed by atoms with van der Waals surface area (Å²) in [5, 5.41) is 9.52. The standard InChI is InChI=1S/C13H18O2/c14-12(15)13(7-9-6-10(9)8-13)11-4-2-1-3-5-11/h2,4,9-11H,1,3,5-8H2,(H,14,15). The molecule has 82 valence electrons. The van der Waals surface area contributed by atoms with E-state index in [1.54, 1.807) is 0 Å². The smallest absolute Gasteiger partial charge is 0.310 e. The Morgan fingerprint density at radius 2 is 2.07 bits per heavy atom. The SMILES string of the molecule is O=C(O)C1(C2C=CCCC2)CC2CC2C1.